The second-order valence-corrected chi connectivity index (χ2v) is 20.9. The van der Waals surface area contributed by atoms with Crippen LogP contribution < -0.4 is 35.7 Å². The molecule has 0 bridgehead atoms. The molecule has 0 radical (unpaired) electrons. The van der Waals surface area contributed by atoms with Crippen LogP contribution in [0.2, 0.25) is 0 Å². The Labute approximate surface area is 352 Å². The molecule has 6 heteroatoms. The van der Waals surface area contributed by atoms with Crippen LogP contribution in [-0.2, 0) is 16.2 Å². The molecule has 304 valence electrons. The normalized spacial score (nSPS) is 14.9. The van der Waals surface area contributed by atoms with Crippen molar-refractivity contribution >= 4 is 68.4 Å². The number of anilines is 6. The summed E-state index contributed by atoms with van der Waals surface area (Å²) >= 11 is 0. The maximum absolute atomic E-state index is 7.29. The van der Waals surface area contributed by atoms with Crippen LogP contribution in [0, 0.1) is 27.7 Å². The molecule has 0 spiro atoms. The average Bonchev–Trinajstić information content (AvgIpc) is 3.53. The van der Waals surface area contributed by atoms with Gasteiger partial charge in [0.05, 0.1) is 11.4 Å². The van der Waals surface area contributed by atoms with Crippen molar-refractivity contribution in [2.24, 2.45) is 0 Å². The van der Waals surface area contributed by atoms with Crippen molar-refractivity contribution in [3.8, 4) is 11.5 Å². The SMILES string of the molecule is Cc1cc(C(C)(C)C)cc(C)c1N1c2cc(C(C)C)cc3c2B(c2cc(C(C)(C)C)ccc2N3c2c(C)cc3c(c2C)OCCO3)c2c1oc1ccc(C(C)(C)C)cc21. The lowest BCUT2D eigenvalue weighted by molar-refractivity contribution is 0.170. The van der Waals surface area contributed by atoms with Crippen molar-refractivity contribution in [1.82, 2.24) is 0 Å². The van der Waals surface area contributed by atoms with E-state index in [1.165, 1.54) is 77.9 Å². The van der Waals surface area contributed by atoms with Crippen LogP contribution in [0.1, 0.15) is 127 Å². The van der Waals surface area contributed by atoms with Gasteiger partial charge in [-0.15, -0.1) is 0 Å². The highest BCUT2D eigenvalue weighted by Crippen LogP contribution is 2.52. The summed E-state index contributed by atoms with van der Waals surface area (Å²) in [6.45, 7) is 35.4. The molecule has 0 saturated carbocycles. The van der Waals surface area contributed by atoms with Gasteiger partial charge in [-0.3, -0.25) is 4.90 Å². The lowest BCUT2D eigenvalue weighted by atomic mass is 9.33. The predicted octanol–water partition coefficient (Wildman–Crippen LogP) is 12.5. The number of aryl methyl sites for hydroxylation is 3. The van der Waals surface area contributed by atoms with Crippen LogP contribution in [0.25, 0.3) is 11.0 Å². The van der Waals surface area contributed by atoms with E-state index in [2.05, 4.69) is 180 Å². The molecule has 0 fully saturated rings. The topological polar surface area (TPSA) is 38.1 Å². The van der Waals surface area contributed by atoms with Gasteiger partial charge in [-0.1, -0.05) is 106 Å². The Hall–Kier alpha value is -5.10. The van der Waals surface area contributed by atoms with Gasteiger partial charge < -0.3 is 18.8 Å². The molecule has 3 aliphatic rings. The molecular formula is C53H61BN2O3. The van der Waals surface area contributed by atoms with Crippen LogP contribution >= 0.6 is 0 Å². The molecule has 0 N–H and O–H groups in total. The average molecular weight is 785 g/mol. The van der Waals surface area contributed by atoms with Crippen molar-refractivity contribution in [2.75, 3.05) is 23.0 Å². The third-order valence-electron chi connectivity index (χ3n) is 13.1. The van der Waals surface area contributed by atoms with E-state index in [1.807, 2.05) is 0 Å². The van der Waals surface area contributed by atoms with Gasteiger partial charge in [0.25, 0.3) is 6.71 Å². The molecule has 0 saturated heterocycles. The first-order valence-corrected chi connectivity index (χ1v) is 21.7. The standard InChI is InChI=1S/C53H61BN2O3/c1-29(2)34-25-41-46-42(26-34)56(47-30(3)22-37(23-31(47)4)53(13,14)15)50-45(38-27-35(51(7,8)9)17-19-43(38)59-50)54(46)39-28-36(52(10,11)12)16-18-40(39)55(41)48-32(5)24-44-49(33(48)6)58-21-20-57-44/h16-19,22-29H,20-21H2,1-15H3. The van der Waals surface area contributed by atoms with Crippen molar-refractivity contribution < 1.29 is 13.9 Å². The highest BCUT2D eigenvalue weighted by Gasteiger charge is 2.48. The number of ether oxygens (including phenoxy) is 2. The minimum absolute atomic E-state index is 0.0139. The van der Waals surface area contributed by atoms with Crippen LogP contribution in [-0.4, -0.2) is 19.9 Å². The predicted molar refractivity (Wildman–Crippen MR) is 250 cm³/mol. The fourth-order valence-corrected chi connectivity index (χ4v) is 9.86. The fourth-order valence-electron chi connectivity index (χ4n) is 9.86. The number of fused-ring (bicyclic) bond motifs is 7. The summed E-state index contributed by atoms with van der Waals surface area (Å²) in [7, 11) is 0. The highest BCUT2D eigenvalue weighted by atomic mass is 16.6. The molecule has 4 heterocycles. The fraction of sp³-hybridized carbons (Fsp3) is 0.396. The summed E-state index contributed by atoms with van der Waals surface area (Å²) < 4.78 is 19.9. The molecule has 5 aromatic carbocycles. The molecule has 9 rings (SSSR count). The molecule has 59 heavy (non-hydrogen) atoms. The summed E-state index contributed by atoms with van der Waals surface area (Å²) in [5.41, 5.74) is 20.5. The number of hydrogen-bond acceptors (Lipinski definition) is 5. The van der Waals surface area contributed by atoms with Crippen LogP contribution in [0.3, 0.4) is 0 Å². The number of furan rings is 1. The minimum Gasteiger partial charge on any atom is -0.486 e. The maximum Gasteiger partial charge on any atom is 0.257 e. The number of rotatable bonds is 3. The molecule has 0 unspecified atom stereocenters. The number of hydrogen-bond donors (Lipinski definition) is 0. The highest BCUT2D eigenvalue weighted by molar-refractivity contribution is 7.01. The molecule has 0 aliphatic carbocycles. The third-order valence-corrected chi connectivity index (χ3v) is 13.1. The Morgan fingerprint density at radius 3 is 1.78 bits per heavy atom. The van der Waals surface area contributed by atoms with Gasteiger partial charge in [-0.2, -0.15) is 0 Å². The molecule has 0 amide bonds. The monoisotopic (exact) mass is 784 g/mol. The van der Waals surface area contributed by atoms with E-state index in [0.717, 1.165) is 39.8 Å². The lowest BCUT2D eigenvalue weighted by Crippen LogP contribution is -2.61. The Kier molecular flexibility index (Phi) is 8.81. The van der Waals surface area contributed by atoms with Gasteiger partial charge in [0.1, 0.15) is 18.8 Å². The summed E-state index contributed by atoms with van der Waals surface area (Å²) in [5.74, 6) is 2.86. The zero-order valence-electron chi connectivity index (χ0n) is 38.0. The van der Waals surface area contributed by atoms with E-state index in [1.54, 1.807) is 0 Å². The van der Waals surface area contributed by atoms with Gasteiger partial charge in [0, 0.05) is 33.5 Å². The Morgan fingerprint density at radius 2 is 1.15 bits per heavy atom. The summed E-state index contributed by atoms with van der Waals surface area (Å²) in [6, 6.07) is 26.0. The Morgan fingerprint density at radius 1 is 0.576 bits per heavy atom. The van der Waals surface area contributed by atoms with Crippen molar-refractivity contribution in [2.45, 2.75) is 126 Å². The van der Waals surface area contributed by atoms with E-state index in [4.69, 9.17) is 13.9 Å². The third kappa shape index (κ3) is 6.10. The second kappa shape index (κ2) is 13.2. The molecule has 6 aromatic rings. The molecule has 1 aromatic heterocycles. The van der Waals surface area contributed by atoms with Crippen LogP contribution in [0.4, 0.5) is 34.3 Å². The molecule has 3 aliphatic heterocycles. The number of nitrogens with zero attached hydrogens (tertiary/aromatic N) is 2. The quantitative estimate of drug-likeness (QED) is 0.167. The van der Waals surface area contributed by atoms with E-state index >= 15 is 0 Å². The van der Waals surface area contributed by atoms with Crippen molar-refractivity contribution in [3.63, 3.8) is 0 Å². The Bertz CT molecular complexity index is 2690. The smallest absolute Gasteiger partial charge is 0.257 e. The van der Waals surface area contributed by atoms with Crippen LogP contribution in [0.15, 0.2) is 71.1 Å². The van der Waals surface area contributed by atoms with Gasteiger partial charge >= 0.3 is 0 Å². The largest absolute Gasteiger partial charge is 0.486 e. The first-order chi connectivity index (χ1) is 27.6. The summed E-state index contributed by atoms with van der Waals surface area (Å²) in [6.07, 6.45) is 0. The zero-order chi connectivity index (χ0) is 42.2. The Balaban J connectivity index is 1.46. The first-order valence-electron chi connectivity index (χ1n) is 21.7. The number of benzene rings is 5. The van der Waals surface area contributed by atoms with Gasteiger partial charge in [0.15, 0.2) is 11.5 Å². The minimum atomic E-state index is -0.0789. The molecule has 0 atom stereocenters. The van der Waals surface area contributed by atoms with E-state index in [-0.39, 0.29) is 28.9 Å². The zero-order valence-corrected chi connectivity index (χ0v) is 38.0. The van der Waals surface area contributed by atoms with E-state index in [0.29, 0.717) is 13.2 Å². The van der Waals surface area contributed by atoms with Crippen LogP contribution in [0.5, 0.6) is 11.5 Å². The van der Waals surface area contributed by atoms with Gasteiger partial charge in [0.2, 0.25) is 5.88 Å². The molecular weight excluding hydrogens is 723 g/mol. The van der Waals surface area contributed by atoms with E-state index in [9.17, 15) is 0 Å². The second-order valence-electron chi connectivity index (χ2n) is 20.9. The first kappa shape index (κ1) is 39.4. The van der Waals surface area contributed by atoms with Crippen molar-refractivity contribution in [1.29, 1.82) is 0 Å². The van der Waals surface area contributed by atoms with Gasteiger partial charge in [-0.25, -0.2) is 0 Å². The summed E-state index contributed by atoms with van der Waals surface area (Å²) in [4.78, 5) is 5.05. The van der Waals surface area contributed by atoms with Crippen molar-refractivity contribution in [3.05, 3.63) is 111 Å². The van der Waals surface area contributed by atoms with E-state index < -0.39 is 0 Å². The maximum atomic E-state index is 7.29. The molecule has 5 nitrogen and oxygen atoms in total. The summed E-state index contributed by atoms with van der Waals surface area (Å²) in [5, 5.41) is 1.18. The lowest BCUT2D eigenvalue weighted by Gasteiger charge is -2.44. The van der Waals surface area contributed by atoms with Gasteiger partial charge in [-0.05, 0) is 136 Å².